The molecule has 1 amide bonds. The number of ether oxygens (including phenoxy) is 2. The fraction of sp³-hybridized carbons (Fsp3) is 0.333. The molecule has 0 aliphatic carbocycles. The van der Waals surface area contributed by atoms with E-state index in [9.17, 15) is 19.7 Å². The van der Waals surface area contributed by atoms with Crippen molar-refractivity contribution in [1.29, 1.82) is 0 Å². The highest BCUT2D eigenvalue weighted by Crippen LogP contribution is 2.39. The summed E-state index contributed by atoms with van der Waals surface area (Å²) in [7, 11) is 1.48. The van der Waals surface area contributed by atoms with Crippen LogP contribution in [0.15, 0.2) is 46.8 Å². The zero-order valence-electron chi connectivity index (χ0n) is 15.3. The van der Waals surface area contributed by atoms with Gasteiger partial charge in [0.2, 0.25) is 5.91 Å². The van der Waals surface area contributed by atoms with Gasteiger partial charge in [-0.25, -0.2) is 4.79 Å². The van der Waals surface area contributed by atoms with Gasteiger partial charge in [-0.2, -0.15) is 0 Å². The van der Waals surface area contributed by atoms with Gasteiger partial charge in [-0.15, -0.1) is 0 Å². The number of carbonyl (C=O) groups is 2. The first-order valence-electron chi connectivity index (χ1n) is 8.16. The first-order valence-corrected chi connectivity index (χ1v) is 8.16. The molecule has 0 fully saturated rings. The monoisotopic (exact) mass is 375 g/mol. The molecule has 1 unspecified atom stereocenters. The molecule has 0 saturated carbocycles. The lowest BCUT2D eigenvalue weighted by atomic mass is 9.80. The van der Waals surface area contributed by atoms with Gasteiger partial charge in [0.05, 0.1) is 23.0 Å². The Labute approximate surface area is 156 Å². The van der Waals surface area contributed by atoms with Crippen LogP contribution in [0.5, 0.6) is 0 Å². The van der Waals surface area contributed by atoms with Crippen molar-refractivity contribution in [2.45, 2.75) is 19.8 Å². The molecular formula is C18H21N3O6. The van der Waals surface area contributed by atoms with E-state index in [4.69, 9.17) is 15.2 Å². The second kappa shape index (κ2) is 8.45. The molecule has 0 bridgehead atoms. The van der Waals surface area contributed by atoms with Crippen LogP contribution in [-0.2, 0) is 19.1 Å². The Hall–Kier alpha value is -3.20. The number of allylic oxidation sites excluding steroid dienone is 2. The van der Waals surface area contributed by atoms with Crippen LogP contribution >= 0.6 is 0 Å². The zero-order chi connectivity index (χ0) is 20.1. The Morgan fingerprint density at radius 3 is 2.48 bits per heavy atom. The van der Waals surface area contributed by atoms with Gasteiger partial charge in [0.1, 0.15) is 6.61 Å². The number of nitro benzene ring substituents is 1. The van der Waals surface area contributed by atoms with E-state index in [1.807, 2.05) is 0 Å². The standard InChI is InChI=1S/C18H21N3O6/c1-10-14(17(19)22)16(12-5-4-6-13(9-12)21(24)25)15(11(2)20-10)18(23)27-8-7-26-3/h4-6,9,16,20H,7-8H2,1-3H3,(H2,19,22). The van der Waals surface area contributed by atoms with Crippen LogP contribution in [0, 0.1) is 10.1 Å². The molecule has 0 spiro atoms. The highest BCUT2D eigenvalue weighted by atomic mass is 16.6. The van der Waals surface area contributed by atoms with E-state index in [1.165, 1.54) is 25.3 Å². The summed E-state index contributed by atoms with van der Waals surface area (Å²) in [6.45, 7) is 3.56. The Kier molecular flexibility index (Phi) is 6.30. The molecule has 1 heterocycles. The molecule has 0 aromatic heterocycles. The molecule has 2 rings (SSSR count). The van der Waals surface area contributed by atoms with Crippen LogP contribution in [0.25, 0.3) is 0 Å². The van der Waals surface area contributed by atoms with Crippen molar-refractivity contribution < 1.29 is 24.0 Å². The Bertz CT molecular complexity index is 843. The van der Waals surface area contributed by atoms with Crippen molar-refractivity contribution in [3.8, 4) is 0 Å². The number of nitrogens with one attached hydrogen (secondary N) is 1. The van der Waals surface area contributed by atoms with E-state index < -0.39 is 22.7 Å². The van der Waals surface area contributed by atoms with Gasteiger partial charge in [0.25, 0.3) is 5.69 Å². The van der Waals surface area contributed by atoms with Crippen molar-refractivity contribution in [3.63, 3.8) is 0 Å². The van der Waals surface area contributed by atoms with Crippen LogP contribution in [0.4, 0.5) is 5.69 Å². The quantitative estimate of drug-likeness (QED) is 0.319. The predicted molar refractivity (Wildman–Crippen MR) is 96.4 cm³/mol. The molecule has 27 heavy (non-hydrogen) atoms. The number of non-ortho nitro benzene ring substituents is 1. The minimum Gasteiger partial charge on any atom is -0.460 e. The van der Waals surface area contributed by atoms with Gasteiger partial charge in [-0.05, 0) is 19.4 Å². The number of nitro groups is 1. The second-order valence-electron chi connectivity index (χ2n) is 5.98. The topological polar surface area (TPSA) is 134 Å². The molecule has 9 heteroatoms. The third kappa shape index (κ3) is 4.32. The van der Waals surface area contributed by atoms with Crippen molar-refractivity contribution >= 4 is 17.6 Å². The van der Waals surface area contributed by atoms with E-state index in [-0.39, 0.29) is 30.0 Å². The number of hydrogen-bond acceptors (Lipinski definition) is 7. The largest absolute Gasteiger partial charge is 0.460 e. The van der Waals surface area contributed by atoms with E-state index in [1.54, 1.807) is 19.9 Å². The van der Waals surface area contributed by atoms with Crippen molar-refractivity contribution in [3.05, 3.63) is 62.5 Å². The van der Waals surface area contributed by atoms with Crippen LogP contribution in [-0.4, -0.2) is 37.1 Å². The Morgan fingerprint density at radius 2 is 1.89 bits per heavy atom. The molecule has 1 aliphatic rings. The molecular weight excluding hydrogens is 354 g/mol. The maximum Gasteiger partial charge on any atom is 0.336 e. The molecule has 9 nitrogen and oxygen atoms in total. The molecule has 1 atom stereocenters. The van der Waals surface area contributed by atoms with Gasteiger partial charge in [0, 0.05) is 36.2 Å². The lowest BCUT2D eigenvalue weighted by Gasteiger charge is -2.30. The minimum absolute atomic E-state index is 0.0301. The van der Waals surface area contributed by atoms with Crippen LogP contribution < -0.4 is 11.1 Å². The average Bonchev–Trinajstić information content (AvgIpc) is 2.60. The number of amides is 1. The number of rotatable bonds is 7. The first kappa shape index (κ1) is 20.1. The molecule has 0 radical (unpaired) electrons. The summed E-state index contributed by atoms with van der Waals surface area (Å²) in [5, 5.41) is 14.1. The van der Waals surface area contributed by atoms with E-state index >= 15 is 0 Å². The van der Waals surface area contributed by atoms with Crippen molar-refractivity contribution in [2.75, 3.05) is 20.3 Å². The van der Waals surface area contributed by atoms with Gasteiger partial charge in [-0.3, -0.25) is 14.9 Å². The third-order valence-electron chi connectivity index (χ3n) is 4.18. The van der Waals surface area contributed by atoms with Crippen LogP contribution in [0.1, 0.15) is 25.3 Å². The summed E-state index contributed by atoms with van der Waals surface area (Å²) in [5.74, 6) is -2.26. The summed E-state index contributed by atoms with van der Waals surface area (Å²) >= 11 is 0. The number of hydrogen-bond donors (Lipinski definition) is 2. The van der Waals surface area contributed by atoms with E-state index in [0.29, 0.717) is 17.0 Å². The third-order valence-corrected chi connectivity index (χ3v) is 4.18. The lowest BCUT2D eigenvalue weighted by Crippen LogP contribution is -2.34. The predicted octanol–water partition coefficient (Wildman–Crippen LogP) is 1.50. The summed E-state index contributed by atoms with van der Waals surface area (Å²) in [6, 6.07) is 5.75. The lowest BCUT2D eigenvalue weighted by molar-refractivity contribution is -0.384. The number of esters is 1. The molecule has 1 aliphatic heterocycles. The number of nitrogens with zero attached hydrogens (tertiary/aromatic N) is 1. The average molecular weight is 375 g/mol. The molecule has 0 saturated heterocycles. The SMILES string of the molecule is COCCOC(=O)C1=C(C)NC(C)=C(C(N)=O)C1c1cccc([N+](=O)[O-])c1. The Morgan fingerprint density at radius 1 is 1.22 bits per heavy atom. The number of carbonyl (C=O) groups excluding carboxylic acids is 2. The maximum atomic E-state index is 12.7. The van der Waals surface area contributed by atoms with Crippen LogP contribution in [0.2, 0.25) is 0 Å². The van der Waals surface area contributed by atoms with E-state index in [2.05, 4.69) is 5.32 Å². The molecule has 1 aromatic rings. The minimum atomic E-state index is -0.876. The van der Waals surface area contributed by atoms with E-state index in [0.717, 1.165) is 0 Å². The first-order chi connectivity index (χ1) is 12.8. The highest BCUT2D eigenvalue weighted by Gasteiger charge is 2.36. The van der Waals surface area contributed by atoms with Crippen molar-refractivity contribution in [2.24, 2.45) is 5.73 Å². The number of primary amides is 1. The summed E-state index contributed by atoms with van der Waals surface area (Å²) in [5.41, 5.74) is 7.08. The second-order valence-corrected chi connectivity index (χ2v) is 5.98. The number of methoxy groups -OCH3 is 1. The van der Waals surface area contributed by atoms with Crippen LogP contribution in [0.3, 0.4) is 0 Å². The fourth-order valence-corrected chi connectivity index (χ4v) is 3.04. The fourth-order valence-electron chi connectivity index (χ4n) is 3.04. The summed E-state index contributed by atoms with van der Waals surface area (Å²) < 4.78 is 10.1. The summed E-state index contributed by atoms with van der Waals surface area (Å²) in [4.78, 5) is 35.4. The molecule has 3 N–H and O–H groups in total. The van der Waals surface area contributed by atoms with Gasteiger partial charge < -0.3 is 20.5 Å². The van der Waals surface area contributed by atoms with Crippen molar-refractivity contribution in [1.82, 2.24) is 5.32 Å². The number of benzene rings is 1. The molecule has 1 aromatic carbocycles. The zero-order valence-corrected chi connectivity index (χ0v) is 15.3. The normalized spacial score (nSPS) is 16.8. The molecule has 144 valence electrons. The van der Waals surface area contributed by atoms with Gasteiger partial charge >= 0.3 is 5.97 Å². The summed E-state index contributed by atoms with van der Waals surface area (Å²) in [6.07, 6.45) is 0. The highest BCUT2D eigenvalue weighted by molar-refractivity contribution is 6.01. The number of dihydropyridines is 1. The Balaban J connectivity index is 2.57. The smallest absolute Gasteiger partial charge is 0.336 e. The van der Waals surface area contributed by atoms with Gasteiger partial charge in [0.15, 0.2) is 0 Å². The number of nitrogens with two attached hydrogens (primary N) is 1. The maximum absolute atomic E-state index is 12.7. The van der Waals surface area contributed by atoms with Gasteiger partial charge in [-0.1, -0.05) is 12.1 Å².